The Morgan fingerprint density at radius 1 is 1.00 bits per heavy atom. The van der Waals surface area contributed by atoms with Crippen LogP contribution in [0.3, 0.4) is 0 Å². The molecule has 3 atom stereocenters. The molecule has 5 heteroatoms. The molecule has 2 aromatic carbocycles. The lowest BCUT2D eigenvalue weighted by molar-refractivity contribution is -0.136. The lowest BCUT2D eigenvalue weighted by Gasteiger charge is -2.18. The number of aromatic hydroxyl groups is 1. The molecule has 128 valence electrons. The van der Waals surface area contributed by atoms with Gasteiger partial charge in [0.15, 0.2) is 0 Å². The van der Waals surface area contributed by atoms with Gasteiger partial charge in [0.25, 0.3) is 0 Å². The number of benzene rings is 2. The Morgan fingerprint density at radius 2 is 1.80 bits per heavy atom. The second-order valence-electron chi connectivity index (χ2n) is 6.88. The van der Waals surface area contributed by atoms with Crippen molar-refractivity contribution in [2.45, 2.75) is 12.8 Å². The highest BCUT2D eigenvalue weighted by Gasteiger charge is 2.35. The lowest BCUT2D eigenvalue weighted by atomic mass is 9.94. The minimum Gasteiger partial charge on any atom is -0.507 e. The summed E-state index contributed by atoms with van der Waals surface area (Å²) < 4.78 is 0. The summed E-state index contributed by atoms with van der Waals surface area (Å²) >= 11 is 0. The van der Waals surface area contributed by atoms with E-state index in [1.54, 1.807) is 36.4 Å². The fourth-order valence-corrected chi connectivity index (χ4v) is 4.01. The third kappa shape index (κ3) is 2.97. The van der Waals surface area contributed by atoms with Crippen molar-refractivity contribution in [2.75, 3.05) is 11.9 Å². The van der Waals surface area contributed by atoms with Crippen molar-refractivity contribution < 1.29 is 14.7 Å². The average Bonchev–Trinajstić information content (AvgIpc) is 3.23. The van der Waals surface area contributed by atoms with Crippen molar-refractivity contribution in [1.29, 1.82) is 0 Å². The van der Waals surface area contributed by atoms with Crippen LogP contribution >= 0.6 is 0 Å². The van der Waals surface area contributed by atoms with Crippen molar-refractivity contribution in [1.82, 2.24) is 5.32 Å². The number of rotatable bonds is 3. The molecule has 0 aliphatic heterocycles. The zero-order chi connectivity index (χ0) is 17.4. The van der Waals surface area contributed by atoms with Crippen LogP contribution in [0.15, 0.2) is 48.6 Å². The predicted octanol–water partition coefficient (Wildman–Crippen LogP) is 2.81. The highest BCUT2D eigenvalue weighted by molar-refractivity contribution is 6.40. The maximum atomic E-state index is 12.2. The maximum Gasteiger partial charge on any atom is 0.313 e. The van der Waals surface area contributed by atoms with Crippen molar-refractivity contribution in [3.63, 3.8) is 0 Å². The first kappa shape index (κ1) is 15.7. The van der Waals surface area contributed by atoms with Crippen LogP contribution < -0.4 is 10.6 Å². The number of hydrogen-bond acceptors (Lipinski definition) is 3. The third-order valence-electron chi connectivity index (χ3n) is 5.29. The summed E-state index contributed by atoms with van der Waals surface area (Å²) in [6, 6.07) is 10.3. The molecule has 0 radical (unpaired) electrons. The summed E-state index contributed by atoms with van der Waals surface area (Å²) in [5.74, 6) is 0.445. The van der Waals surface area contributed by atoms with E-state index in [4.69, 9.17) is 0 Å². The van der Waals surface area contributed by atoms with Crippen LogP contribution in [0.4, 0.5) is 5.69 Å². The fourth-order valence-electron chi connectivity index (χ4n) is 4.01. The number of amides is 2. The van der Waals surface area contributed by atoms with Gasteiger partial charge < -0.3 is 15.7 Å². The second-order valence-corrected chi connectivity index (χ2v) is 6.88. The Kier molecular flexibility index (Phi) is 3.92. The van der Waals surface area contributed by atoms with Crippen LogP contribution in [0.25, 0.3) is 10.8 Å². The second kappa shape index (κ2) is 6.24. The van der Waals surface area contributed by atoms with Crippen LogP contribution in [-0.2, 0) is 9.59 Å². The molecule has 0 spiro atoms. The van der Waals surface area contributed by atoms with Crippen LogP contribution in [-0.4, -0.2) is 23.5 Å². The molecule has 5 nitrogen and oxygen atoms in total. The maximum absolute atomic E-state index is 12.2. The van der Waals surface area contributed by atoms with Gasteiger partial charge in [-0.3, -0.25) is 9.59 Å². The molecule has 0 aromatic heterocycles. The van der Waals surface area contributed by atoms with Crippen molar-refractivity contribution >= 4 is 28.3 Å². The molecule has 1 fully saturated rings. The molecule has 2 aliphatic carbocycles. The normalized spacial score (nSPS) is 23.8. The van der Waals surface area contributed by atoms with E-state index in [1.807, 2.05) is 0 Å². The lowest BCUT2D eigenvalue weighted by Crippen LogP contribution is -2.38. The minimum atomic E-state index is -0.686. The first-order valence-electron chi connectivity index (χ1n) is 8.60. The number of hydrogen-bond donors (Lipinski definition) is 3. The highest BCUT2D eigenvalue weighted by atomic mass is 16.3. The predicted molar refractivity (Wildman–Crippen MR) is 96.1 cm³/mol. The Morgan fingerprint density at radius 3 is 2.56 bits per heavy atom. The van der Waals surface area contributed by atoms with Crippen LogP contribution in [0.1, 0.15) is 12.8 Å². The SMILES string of the molecule is O=C(NC[C@@H]1C[C@H]2C=C[C@H]1C2)C(=O)Nc1cccc2c(O)cccc12. The number of carbonyl (C=O) groups excluding carboxylic acids is 2. The quantitative estimate of drug-likeness (QED) is 0.596. The number of phenolic OH excluding ortho intramolecular Hbond substituents is 1. The van der Waals surface area contributed by atoms with Crippen LogP contribution in [0.5, 0.6) is 5.75 Å². The first-order chi connectivity index (χ1) is 12.1. The summed E-state index contributed by atoms with van der Waals surface area (Å²) in [5, 5.41) is 16.6. The summed E-state index contributed by atoms with van der Waals surface area (Å²) in [6.45, 7) is 0.536. The van der Waals surface area contributed by atoms with E-state index in [0.29, 0.717) is 40.8 Å². The van der Waals surface area contributed by atoms with E-state index in [0.717, 1.165) is 6.42 Å². The van der Waals surface area contributed by atoms with E-state index in [2.05, 4.69) is 22.8 Å². The van der Waals surface area contributed by atoms with Gasteiger partial charge in [0, 0.05) is 23.0 Å². The largest absolute Gasteiger partial charge is 0.507 e. The van der Waals surface area contributed by atoms with E-state index in [1.165, 1.54) is 6.42 Å². The Hall–Kier alpha value is -2.82. The van der Waals surface area contributed by atoms with Crippen LogP contribution in [0, 0.1) is 17.8 Å². The molecule has 4 rings (SSSR count). The van der Waals surface area contributed by atoms with E-state index in [-0.39, 0.29) is 5.75 Å². The molecule has 25 heavy (non-hydrogen) atoms. The Labute approximate surface area is 145 Å². The zero-order valence-electron chi connectivity index (χ0n) is 13.7. The Bertz CT molecular complexity index is 874. The number of allylic oxidation sites excluding steroid dienone is 2. The molecule has 2 bridgehead atoms. The monoisotopic (exact) mass is 336 g/mol. The molecule has 1 saturated carbocycles. The van der Waals surface area contributed by atoms with E-state index < -0.39 is 11.8 Å². The van der Waals surface area contributed by atoms with Gasteiger partial charge in [-0.1, -0.05) is 36.4 Å². The van der Waals surface area contributed by atoms with Crippen LogP contribution in [0.2, 0.25) is 0 Å². The minimum absolute atomic E-state index is 0.141. The number of fused-ring (bicyclic) bond motifs is 3. The van der Waals surface area contributed by atoms with Gasteiger partial charge in [0.2, 0.25) is 0 Å². The topological polar surface area (TPSA) is 78.4 Å². The average molecular weight is 336 g/mol. The molecule has 0 saturated heterocycles. The molecule has 3 N–H and O–H groups in total. The van der Waals surface area contributed by atoms with Gasteiger partial charge >= 0.3 is 11.8 Å². The molecule has 2 amide bonds. The summed E-state index contributed by atoms with van der Waals surface area (Å²) in [4.78, 5) is 24.3. The van der Waals surface area contributed by atoms with Gasteiger partial charge in [-0.15, -0.1) is 0 Å². The fraction of sp³-hybridized carbons (Fsp3) is 0.300. The summed E-state index contributed by atoms with van der Waals surface area (Å²) in [7, 11) is 0. The molecular formula is C20H20N2O3. The molecular weight excluding hydrogens is 316 g/mol. The van der Waals surface area contributed by atoms with Crippen molar-refractivity contribution in [3.8, 4) is 5.75 Å². The standard InChI is InChI=1S/C20H20N2O3/c23-18-6-2-3-15-16(18)4-1-5-17(15)22-20(25)19(24)21-11-14-10-12-7-8-13(14)9-12/h1-8,12-14,23H,9-11H2,(H,21,24)(H,22,25)/t12-,13-,14-/m0/s1. The number of phenols is 1. The first-order valence-corrected chi connectivity index (χ1v) is 8.60. The third-order valence-corrected chi connectivity index (χ3v) is 5.29. The highest BCUT2D eigenvalue weighted by Crippen LogP contribution is 2.42. The Balaban J connectivity index is 1.41. The summed E-state index contributed by atoms with van der Waals surface area (Å²) in [6.07, 6.45) is 6.75. The number of nitrogens with one attached hydrogen (secondary N) is 2. The summed E-state index contributed by atoms with van der Waals surface area (Å²) in [5.41, 5.74) is 0.511. The number of carbonyl (C=O) groups is 2. The van der Waals surface area contributed by atoms with Gasteiger partial charge in [0.1, 0.15) is 5.75 Å². The van der Waals surface area contributed by atoms with Crippen molar-refractivity contribution in [2.24, 2.45) is 17.8 Å². The molecule has 0 unspecified atom stereocenters. The van der Waals surface area contributed by atoms with Gasteiger partial charge in [0.05, 0.1) is 0 Å². The molecule has 2 aliphatic rings. The van der Waals surface area contributed by atoms with E-state index in [9.17, 15) is 14.7 Å². The molecule has 0 heterocycles. The van der Waals surface area contributed by atoms with Crippen molar-refractivity contribution in [3.05, 3.63) is 48.6 Å². The number of anilines is 1. The smallest absolute Gasteiger partial charge is 0.313 e. The zero-order valence-corrected chi connectivity index (χ0v) is 13.7. The van der Waals surface area contributed by atoms with Gasteiger partial charge in [-0.05, 0) is 42.7 Å². The van der Waals surface area contributed by atoms with E-state index >= 15 is 0 Å². The molecule has 2 aromatic rings. The van der Waals surface area contributed by atoms with Gasteiger partial charge in [-0.25, -0.2) is 0 Å². The van der Waals surface area contributed by atoms with Gasteiger partial charge in [-0.2, -0.15) is 0 Å².